The molecule has 0 spiro atoms. The van der Waals surface area contributed by atoms with Crippen molar-refractivity contribution < 1.29 is 14.3 Å². The molecule has 1 atom stereocenters. The molecule has 0 saturated heterocycles. The molecule has 1 aromatic carbocycles. The highest BCUT2D eigenvalue weighted by molar-refractivity contribution is 5.85. The first-order valence-electron chi connectivity index (χ1n) is 7.20. The van der Waals surface area contributed by atoms with Crippen LogP contribution >= 0.6 is 0 Å². The summed E-state index contributed by atoms with van der Waals surface area (Å²) in [6.45, 7) is 5.32. The molecule has 1 aliphatic heterocycles. The Morgan fingerprint density at radius 2 is 2.24 bits per heavy atom. The number of hydrogen-bond acceptors (Lipinski definition) is 5. The van der Waals surface area contributed by atoms with E-state index in [2.05, 4.69) is 0 Å². The topological polar surface area (TPSA) is 62.9 Å². The van der Waals surface area contributed by atoms with Crippen LogP contribution in [0.15, 0.2) is 27.4 Å². The van der Waals surface area contributed by atoms with Crippen LogP contribution in [-0.4, -0.2) is 29.4 Å². The number of fused-ring (bicyclic) bond motifs is 3. The molecule has 1 N–H and O–H groups in total. The van der Waals surface area contributed by atoms with E-state index in [1.807, 2.05) is 24.0 Å². The van der Waals surface area contributed by atoms with Gasteiger partial charge >= 0.3 is 5.63 Å². The van der Waals surface area contributed by atoms with Gasteiger partial charge in [0.1, 0.15) is 18.1 Å². The molecule has 0 aliphatic carbocycles. The van der Waals surface area contributed by atoms with Gasteiger partial charge in [-0.2, -0.15) is 0 Å². The Hall–Kier alpha value is -1.85. The summed E-state index contributed by atoms with van der Waals surface area (Å²) < 4.78 is 11.1. The van der Waals surface area contributed by atoms with E-state index in [0.29, 0.717) is 25.4 Å². The van der Waals surface area contributed by atoms with Crippen molar-refractivity contribution in [3.8, 4) is 5.75 Å². The zero-order valence-corrected chi connectivity index (χ0v) is 12.3. The summed E-state index contributed by atoms with van der Waals surface area (Å²) in [5.41, 5.74) is 2.14. The smallest absolute Gasteiger partial charge is 0.336 e. The van der Waals surface area contributed by atoms with E-state index in [4.69, 9.17) is 9.15 Å². The highest BCUT2D eigenvalue weighted by atomic mass is 16.5. The summed E-state index contributed by atoms with van der Waals surface area (Å²) in [4.78, 5) is 13.7. The fraction of sp³-hybridized carbons (Fsp3) is 0.438. The minimum atomic E-state index is -0.427. The predicted octanol–water partition coefficient (Wildman–Crippen LogP) is 1.89. The van der Waals surface area contributed by atoms with E-state index in [9.17, 15) is 9.90 Å². The summed E-state index contributed by atoms with van der Waals surface area (Å²) in [6.07, 6.45) is 0.349. The number of hydrogen-bond donors (Lipinski definition) is 1. The molecule has 0 radical (unpaired) electrons. The fourth-order valence-electron chi connectivity index (χ4n) is 2.83. The van der Waals surface area contributed by atoms with E-state index in [1.54, 1.807) is 13.0 Å². The molecule has 112 valence electrons. The normalized spacial score (nSPS) is 16.5. The first-order valence-corrected chi connectivity index (χ1v) is 7.20. The Bertz CT molecular complexity index is 720. The van der Waals surface area contributed by atoms with E-state index in [0.717, 1.165) is 28.7 Å². The first-order chi connectivity index (χ1) is 10.1. The maximum absolute atomic E-state index is 11.7. The SMILES string of the molecule is CCc1cc(=O)oc2c3c(ccc12)OCN(CC(C)O)C3. The number of β-amino-alcohol motifs (C(OH)–C–C–N with tert-alkyl or cyclic N) is 1. The van der Waals surface area contributed by atoms with Crippen molar-refractivity contribution in [3.63, 3.8) is 0 Å². The second-order valence-electron chi connectivity index (χ2n) is 5.50. The van der Waals surface area contributed by atoms with Gasteiger partial charge in [0.2, 0.25) is 0 Å². The number of aryl methyl sites for hydroxylation is 1. The van der Waals surface area contributed by atoms with Crippen LogP contribution in [0.2, 0.25) is 0 Å². The largest absolute Gasteiger partial charge is 0.478 e. The molecule has 0 saturated carbocycles. The molecule has 0 fully saturated rings. The lowest BCUT2D eigenvalue weighted by Crippen LogP contribution is -2.36. The monoisotopic (exact) mass is 289 g/mol. The van der Waals surface area contributed by atoms with Crippen LogP contribution in [0.1, 0.15) is 25.0 Å². The van der Waals surface area contributed by atoms with Crippen molar-refractivity contribution in [2.45, 2.75) is 32.9 Å². The van der Waals surface area contributed by atoms with Crippen LogP contribution in [0.4, 0.5) is 0 Å². The molecule has 1 unspecified atom stereocenters. The van der Waals surface area contributed by atoms with E-state index >= 15 is 0 Å². The molecule has 21 heavy (non-hydrogen) atoms. The molecule has 1 aromatic heterocycles. The van der Waals surface area contributed by atoms with Crippen LogP contribution in [0.3, 0.4) is 0 Å². The number of ether oxygens (including phenoxy) is 1. The van der Waals surface area contributed by atoms with Crippen molar-refractivity contribution in [1.82, 2.24) is 4.90 Å². The Balaban J connectivity index is 2.11. The lowest BCUT2D eigenvalue weighted by molar-refractivity contribution is 0.0503. The molecule has 2 heterocycles. The summed E-state index contributed by atoms with van der Waals surface area (Å²) >= 11 is 0. The molecular weight excluding hydrogens is 270 g/mol. The van der Waals surface area contributed by atoms with Crippen molar-refractivity contribution in [1.29, 1.82) is 0 Å². The van der Waals surface area contributed by atoms with Crippen molar-refractivity contribution in [2.24, 2.45) is 0 Å². The van der Waals surface area contributed by atoms with Crippen LogP contribution < -0.4 is 10.4 Å². The average Bonchev–Trinajstić information content (AvgIpc) is 2.45. The summed E-state index contributed by atoms with van der Waals surface area (Å²) in [5, 5.41) is 10.5. The molecule has 0 bridgehead atoms. The highest BCUT2D eigenvalue weighted by Crippen LogP contribution is 2.33. The van der Waals surface area contributed by atoms with Gasteiger partial charge in [-0.05, 0) is 31.0 Å². The van der Waals surface area contributed by atoms with Crippen molar-refractivity contribution >= 4 is 11.0 Å². The third-order valence-corrected chi connectivity index (χ3v) is 3.75. The first kappa shape index (κ1) is 14.1. The van der Waals surface area contributed by atoms with E-state index in [-0.39, 0.29) is 5.63 Å². The average molecular weight is 289 g/mol. The van der Waals surface area contributed by atoms with Gasteiger partial charge in [0, 0.05) is 24.5 Å². The Morgan fingerprint density at radius 1 is 1.43 bits per heavy atom. The number of aliphatic hydroxyl groups excluding tert-OH is 1. The van der Waals surface area contributed by atoms with Crippen LogP contribution in [0.5, 0.6) is 5.75 Å². The third kappa shape index (κ3) is 2.66. The Morgan fingerprint density at radius 3 is 2.95 bits per heavy atom. The van der Waals surface area contributed by atoms with Crippen molar-refractivity contribution in [3.05, 3.63) is 39.7 Å². The number of aliphatic hydroxyl groups is 1. The molecule has 1 aliphatic rings. The quantitative estimate of drug-likeness (QED) is 0.874. The van der Waals surface area contributed by atoms with Gasteiger partial charge in [0.05, 0.1) is 11.7 Å². The van der Waals surface area contributed by atoms with Gasteiger partial charge in [0.25, 0.3) is 0 Å². The number of nitrogens with zero attached hydrogens (tertiary/aromatic N) is 1. The summed E-state index contributed by atoms with van der Waals surface area (Å²) in [5.74, 6) is 0.751. The summed E-state index contributed by atoms with van der Waals surface area (Å²) in [7, 11) is 0. The summed E-state index contributed by atoms with van der Waals surface area (Å²) in [6, 6.07) is 5.42. The van der Waals surface area contributed by atoms with Crippen LogP contribution in [0.25, 0.3) is 11.0 Å². The second-order valence-corrected chi connectivity index (χ2v) is 5.50. The molecule has 5 heteroatoms. The van der Waals surface area contributed by atoms with E-state index < -0.39 is 6.10 Å². The van der Waals surface area contributed by atoms with Gasteiger partial charge < -0.3 is 14.3 Å². The standard InChI is InChI=1S/C16H19NO4/c1-3-11-6-15(19)21-16-12(11)4-5-14-13(16)8-17(9-20-14)7-10(2)18/h4-6,10,18H,3,7-9H2,1-2H3. The Kier molecular flexibility index (Phi) is 3.69. The molecule has 0 amide bonds. The van der Waals surface area contributed by atoms with Gasteiger partial charge in [-0.25, -0.2) is 4.79 Å². The van der Waals surface area contributed by atoms with Gasteiger partial charge in [-0.1, -0.05) is 6.92 Å². The highest BCUT2D eigenvalue weighted by Gasteiger charge is 2.22. The van der Waals surface area contributed by atoms with Gasteiger partial charge in [-0.3, -0.25) is 4.90 Å². The number of benzene rings is 1. The minimum Gasteiger partial charge on any atom is -0.478 e. The van der Waals surface area contributed by atoms with E-state index in [1.165, 1.54) is 0 Å². The Labute approximate surface area is 122 Å². The van der Waals surface area contributed by atoms with Crippen LogP contribution in [0, 0.1) is 0 Å². The van der Waals surface area contributed by atoms with Crippen molar-refractivity contribution in [2.75, 3.05) is 13.3 Å². The molecule has 3 rings (SSSR count). The zero-order valence-electron chi connectivity index (χ0n) is 12.3. The third-order valence-electron chi connectivity index (χ3n) is 3.75. The second kappa shape index (κ2) is 5.50. The van der Waals surface area contributed by atoms with Gasteiger partial charge in [-0.15, -0.1) is 0 Å². The van der Waals surface area contributed by atoms with Gasteiger partial charge in [0.15, 0.2) is 0 Å². The lowest BCUT2D eigenvalue weighted by atomic mass is 10.0. The fourth-order valence-corrected chi connectivity index (χ4v) is 2.83. The molecule has 5 nitrogen and oxygen atoms in total. The molecule has 2 aromatic rings. The predicted molar refractivity (Wildman–Crippen MR) is 79.4 cm³/mol. The maximum Gasteiger partial charge on any atom is 0.336 e. The molecular formula is C16H19NO4. The van der Waals surface area contributed by atoms with Crippen LogP contribution in [-0.2, 0) is 13.0 Å². The maximum atomic E-state index is 11.7. The minimum absolute atomic E-state index is 0.333. The zero-order chi connectivity index (χ0) is 15.0. The number of rotatable bonds is 3. The lowest BCUT2D eigenvalue weighted by Gasteiger charge is -2.30.